The number of hydrogen-bond donors (Lipinski definition) is 0. The molecule has 183 valence electrons. The maximum absolute atomic E-state index is 2.56. The molecule has 0 radical (unpaired) electrons. The molecule has 0 amide bonds. The zero-order chi connectivity index (χ0) is 23.0. The molecule has 0 bridgehead atoms. The number of rotatable bonds is 7. The molecule has 0 nitrogen and oxygen atoms in total. The Kier molecular flexibility index (Phi) is 13.0. The van der Waals surface area contributed by atoms with E-state index in [1.54, 1.807) is 8.83 Å². The van der Waals surface area contributed by atoms with Crippen molar-refractivity contribution in [3.63, 3.8) is 0 Å². The van der Waals surface area contributed by atoms with E-state index in [1.165, 1.54) is 59.9 Å². The van der Waals surface area contributed by atoms with Gasteiger partial charge in [0.2, 0.25) is 0 Å². The molecule has 0 heterocycles. The van der Waals surface area contributed by atoms with Crippen molar-refractivity contribution in [2.24, 2.45) is 0 Å². The molecule has 0 aliphatic heterocycles. The molecule has 35 heavy (non-hydrogen) atoms. The average Bonchev–Trinajstić information content (AvgIpc) is 3.50. The number of hydrogen-bond acceptors (Lipinski definition) is 0. The number of halogens is 2. The Hall–Kier alpha value is -1.18. The van der Waals surface area contributed by atoms with E-state index in [4.69, 9.17) is 0 Å². The first-order chi connectivity index (χ1) is 16.3. The summed E-state index contributed by atoms with van der Waals surface area (Å²) in [6, 6.07) is 27.0. The van der Waals surface area contributed by atoms with E-state index in [9.17, 15) is 0 Å². The molecule has 0 fully saturated rings. The van der Waals surface area contributed by atoms with Crippen LogP contribution >= 0.6 is 0 Å². The fourth-order valence-electron chi connectivity index (χ4n) is 5.10. The van der Waals surface area contributed by atoms with E-state index in [0.29, 0.717) is 0 Å². The normalized spacial score (nSPS) is 13.0. The summed E-state index contributed by atoms with van der Waals surface area (Å²) in [6.07, 6.45) is 12.9. The summed E-state index contributed by atoms with van der Waals surface area (Å²) in [7, 11) is 0. The van der Waals surface area contributed by atoms with Crippen LogP contribution in [0.2, 0.25) is 6.55 Å². The molecule has 2 aliphatic rings. The third-order valence-corrected chi connectivity index (χ3v) is 23.2. The van der Waals surface area contributed by atoms with Gasteiger partial charge in [-0.05, 0) is 0 Å². The average molecular weight is 600 g/mol. The second-order valence-corrected chi connectivity index (χ2v) is 24.5. The molecule has 0 saturated heterocycles. The van der Waals surface area contributed by atoms with Crippen molar-refractivity contribution in [3.05, 3.63) is 105 Å². The van der Waals surface area contributed by atoms with E-state index < -0.39 is 20.9 Å². The summed E-state index contributed by atoms with van der Waals surface area (Å²) in [5.74, 6) is 0. The molecule has 3 aromatic carbocycles. The maximum atomic E-state index is 2.56. The van der Waals surface area contributed by atoms with Crippen molar-refractivity contribution in [3.8, 4) is 11.1 Å². The quantitative estimate of drug-likeness (QED) is 0.224. The van der Waals surface area contributed by atoms with Gasteiger partial charge in [0.05, 0.1) is 0 Å². The summed E-state index contributed by atoms with van der Waals surface area (Å²) in [5.41, 5.74) is 8.98. The molecule has 0 spiro atoms. The van der Waals surface area contributed by atoms with Gasteiger partial charge in [0.25, 0.3) is 0 Å². The molecule has 0 saturated carbocycles. The molecule has 4 heteroatoms. The SMILES string of the molecule is CCCCCC.C[SiH2][Zr+2]([C]1=CC(c2ccccc2)=CC1)[c]1cccc2c1Cc1ccccc1-2.[Cl-].[Cl-]. The van der Waals surface area contributed by atoms with Gasteiger partial charge in [-0.2, -0.15) is 0 Å². The number of fused-ring (bicyclic) bond motifs is 3. The van der Waals surface area contributed by atoms with Crippen molar-refractivity contribution in [2.75, 3.05) is 0 Å². The maximum Gasteiger partial charge on any atom is -1.00 e. The number of benzene rings is 3. The minimum atomic E-state index is -1.70. The van der Waals surface area contributed by atoms with Crippen molar-refractivity contribution >= 4 is 15.5 Å². The first kappa shape index (κ1) is 30.0. The fraction of sp³-hybridized carbons (Fsp3) is 0.290. The van der Waals surface area contributed by atoms with E-state index in [2.05, 4.69) is 105 Å². The van der Waals surface area contributed by atoms with Crippen LogP contribution in [0.1, 0.15) is 62.6 Å². The second-order valence-electron chi connectivity index (χ2n) is 9.10. The monoisotopic (exact) mass is 597 g/mol. The van der Waals surface area contributed by atoms with Crippen molar-refractivity contribution < 1.29 is 45.7 Å². The van der Waals surface area contributed by atoms with Crippen LogP contribution in [-0.2, 0) is 27.3 Å². The summed E-state index contributed by atoms with van der Waals surface area (Å²) in [5, 5.41) is 0. The minimum Gasteiger partial charge on any atom is -1.00 e. The third kappa shape index (κ3) is 7.20. The van der Waals surface area contributed by atoms with E-state index >= 15 is 0 Å². The molecule has 0 aromatic heterocycles. The predicted molar refractivity (Wildman–Crippen MR) is 146 cm³/mol. The summed E-state index contributed by atoms with van der Waals surface area (Å²) in [6.45, 7) is 7.01. The molecule has 0 unspecified atom stereocenters. The van der Waals surface area contributed by atoms with Gasteiger partial charge in [-0.15, -0.1) is 0 Å². The van der Waals surface area contributed by atoms with Crippen molar-refractivity contribution in [1.29, 1.82) is 0 Å². The van der Waals surface area contributed by atoms with Crippen molar-refractivity contribution in [1.82, 2.24) is 0 Å². The molecule has 2 aliphatic carbocycles. The third-order valence-electron chi connectivity index (χ3n) is 6.85. The Labute approximate surface area is 234 Å². The first-order valence-electron chi connectivity index (χ1n) is 12.8. The molecule has 3 aromatic rings. The molecule has 5 rings (SSSR count). The summed E-state index contributed by atoms with van der Waals surface area (Å²) >= 11 is -1.70. The topological polar surface area (TPSA) is 0 Å². The number of unbranched alkanes of at least 4 members (excludes halogenated alkanes) is 3. The van der Waals surface area contributed by atoms with Crippen LogP contribution < -0.4 is 28.1 Å². The molecule has 0 atom stereocenters. The Morgan fingerprint density at radius 2 is 1.43 bits per heavy atom. The van der Waals surface area contributed by atoms with Gasteiger partial charge in [0.1, 0.15) is 0 Å². The van der Waals surface area contributed by atoms with Gasteiger partial charge >= 0.3 is 172 Å². The Morgan fingerprint density at radius 3 is 2.11 bits per heavy atom. The molecule has 0 N–H and O–H groups in total. The van der Waals surface area contributed by atoms with Gasteiger partial charge in [0, 0.05) is 0 Å². The Bertz CT molecular complexity index is 1130. The van der Waals surface area contributed by atoms with Crippen LogP contribution in [0.5, 0.6) is 0 Å². The fourth-order valence-corrected chi connectivity index (χ4v) is 20.2. The van der Waals surface area contributed by atoms with E-state index in [1.807, 2.05) is 3.28 Å². The van der Waals surface area contributed by atoms with Gasteiger partial charge in [0.15, 0.2) is 0 Å². The molecular weight excluding hydrogens is 563 g/mol. The van der Waals surface area contributed by atoms with Crippen molar-refractivity contribution in [2.45, 2.75) is 58.9 Å². The summed E-state index contributed by atoms with van der Waals surface area (Å²) < 4.78 is 3.60. The predicted octanol–water partition coefficient (Wildman–Crippen LogP) is 1.60. The van der Waals surface area contributed by atoms with Gasteiger partial charge in [-0.3, -0.25) is 0 Å². The van der Waals surface area contributed by atoms with Crippen LogP contribution in [0, 0.1) is 0 Å². The Balaban J connectivity index is 0.000000486. The van der Waals surface area contributed by atoms with Crippen LogP contribution in [0.4, 0.5) is 0 Å². The largest absolute Gasteiger partial charge is 1.00 e. The van der Waals surface area contributed by atoms with Crippen LogP contribution in [0.15, 0.2) is 88.2 Å². The smallest absolute Gasteiger partial charge is 1.00 e. The zero-order valence-electron chi connectivity index (χ0n) is 21.3. The van der Waals surface area contributed by atoms with Crippen LogP contribution in [-0.4, -0.2) is 6.65 Å². The van der Waals surface area contributed by atoms with Gasteiger partial charge < -0.3 is 24.8 Å². The number of allylic oxidation sites excluding steroid dienone is 4. The van der Waals surface area contributed by atoms with E-state index in [-0.39, 0.29) is 31.5 Å². The first-order valence-corrected chi connectivity index (χ1v) is 22.6. The van der Waals surface area contributed by atoms with Crippen LogP contribution in [0.25, 0.3) is 16.7 Å². The zero-order valence-corrected chi connectivity index (χ0v) is 26.7. The van der Waals surface area contributed by atoms with Gasteiger partial charge in [-0.1, -0.05) is 39.5 Å². The standard InChI is InChI=1S/C13H9.C11H9.C6H14.CH5Si.2ClH.Zr/c1-3-7-12-10(5-1)9-11-6-2-4-8-13(11)12;1-2-6-10(7-3-1)11-8-4-5-9-11;1-3-5-6-4-2;1-2;;;/h1-5,7-8H,9H2;1-3,6-9H,4H2;3-6H2,1-2H3;2H2,1H3;2*1H;/q;;;;;;+2/p-2. The van der Waals surface area contributed by atoms with E-state index in [0.717, 1.165) is 6.42 Å². The summed E-state index contributed by atoms with van der Waals surface area (Å²) in [4.78, 5) is 0. The van der Waals surface area contributed by atoms with Crippen LogP contribution in [0.3, 0.4) is 0 Å². The second kappa shape index (κ2) is 15.2. The Morgan fingerprint density at radius 1 is 0.771 bits per heavy atom. The molecular formula is C31H37Cl2SiZr. The van der Waals surface area contributed by atoms with Gasteiger partial charge in [-0.25, -0.2) is 0 Å². The minimum absolute atomic E-state index is 0.